The molecule has 2 aromatic heterocycles. The first-order valence-corrected chi connectivity index (χ1v) is 12.0. The first-order chi connectivity index (χ1) is 15.2. The van der Waals surface area contributed by atoms with Crippen LogP contribution in [0, 0.1) is 6.92 Å². The maximum absolute atomic E-state index is 12.3. The largest absolute Gasteiger partial charge is 0.450 e. The molecule has 1 aliphatic heterocycles. The van der Waals surface area contributed by atoms with Crippen LogP contribution in [0.2, 0.25) is 5.02 Å². The molecular weight excluding hydrogens is 458 g/mol. The van der Waals surface area contributed by atoms with Crippen molar-refractivity contribution in [2.45, 2.75) is 19.4 Å². The number of aryl methyl sites for hydroxylation is 1. The highest BCUT2D eigenvalue weighted by Gasteiger charge is 2.31. The number of halogens is 1. The normalized spacial score (nSPS) is 17.2. The van der Waals surface area contributed by atoms with E-state index in [0.717, 1.165) is 0 Å². The van der Waals surface area contributed by atoms with Gasteiger partial charge in [-0.3, -0.25) is 4.79 Å². The Labute approximate surface area is 189 Å². The summed E-state index contributed by atoms with van der Waals surface area (Å²) in [6.45, 7) is 1.19. The van der Waals surface area contributed by atoms with Crippen LogP contribution >= 0.6 is 11.6 Å². The van der Waals surface area contributed by atoms with E-state index in [4.69, 9.17) is 20.8 Å². The van der Waals surface area contributed by atoms with Gasteiger partial charge in [-0.15, -0.1) is 0 Å². The number of anilines is 1. The van der Waals surface area contributed by atoms with Gasteiger partial charge in [-0.05, 0) is 37.6 Å². The molecule has 0 saturated carbocycles. The van der Waals surface area contributed by atoms with Crippen LogP contribution in [0.3, 0.4) is 0 Å². The van der Waals surface area contributed by atoms with Crippen LogP contribution in [-0.2, 0) is 19.4 Å². The number of carbonyl (C=O) groups is 2. The highest BCUT2D eigenvalue weighted by molar-refractivity contribution is 7.91. The maximum atomic E-state index is 12.3. The Kier molecular flexibility index (Phi) is 6.07. The van der Waals surface area contributed by atoms with Crippen molar-refractivity contribution in [3.8, 4) is 11.3 Å². The number of carbonyl (C=O) groups excluding carboxylic acids is 2. The quantitative estimate of drug-likeness (QED) is 0.541. The average molecular weight is 478 g/mol. The molecular formula is C21H20ClN3O6S. The number of esters is 1. The van der Waals surface area contributed by atoms with Crippen LogP contribution in [0.4, 0.5) is 5.82 Å². The van der Waals surface area contributed by atoms with Crippen LogP contribution in [0.1, 0.15) is 28.7 Å². The highest BCUT2D eigenvalue weighted by atomic mass is 35.5. The molecule has 9 nitrogen and oxygen atoms in total. The third kappa shape index (κ3) is 4.86. The van der Waals surface area contributed by atoms with Crippen LogP contribution in [0.5, 0.6) is 0 Å². The van der Waals surface area contributed by atoms with Crippen molar-refractivity contribution < 1.29 is 27.2 Å². The van der Waals surface area contributed by atoms with Crippen molar-refractivity contribution in [3.05, 3.63) is 58.9 Å². The lowest BCUT2D eigenvalue weighted by molar-refractivity contribution is -0.119. The third-order valence-corrected chi connectivity index (χ3v) is 7.04. The number of sulfone groups is 1. The number of amides is 1. The first kappa shape index (κ1) is 22.1. The zero-order chi connectivity index (χ0) is 22.9. The maximum Gasteiger partial charge on any atom is 0.374 e. The zero-order valence-corrected chi connectivity index (χ0v) is 18.6. The van der Waals surface area contributed by atoms with Gasteiger partial charge in [-0.2, -0.15) is 5.10 Å². The van der Waals surface area contributed by atoms with Gasteiger partial charge in [0.25, 0.3) is 5.91 Å². The lowest BCUT2D eigenvalue weighted by Gasteiger charge is -2.13. The van der Waals surface area contributed by atoms with E-state index >= 15 is 0 Å². The summed E-state index contributed by atoms with van der Waals surface area (Å²) >= 11 is 6.13. The number of aromatic nitrogens is 2. The summed E-state index contributed by atoms with van der Waals surface area (Å²) in [5, 5.41) is 7.39. The molecule has 0 radical (unpaired) electrons. The Morgan fingerprint density at radius 1 is 1.28 bits per heavy atom. The van der Waals surface area contributed by atoms with Crippen molar-refractivity contribution in [1.29, 1.82) is 0 Å². The molecule has 1 aromatic carbocycles. The fourth-order valence-corrected chi connectivity index (χ4v) is 5.41. The summed E-state index contributed by atoms with van der Waals surface area (Å²) in [5.41, 5.74) is 1.26. The van der Waals surface area contributed by atoms with Gasteiger partial charge in [0.05, 0.1) is 28.3 Å². The predicted octanol–water partition coefficient (Wildman–Crippen LogP) is 3.26. The minimum absolute atomic E-state index is 0.0295. The lowest BCUT2D eigenvalue weighted by atomic mass is 10.2. The standard InChI is InChI=1S/C21H20ClN3O6S/c1-13-10-19(25(24-13)14-8-9-32(28,29)12-14)23-20(26)11-30-21(27)18-7-6-17(31-18)15-4-2-3-5-16(15)22/h2-7,10,14H,8-9,11-12H2,1H3,(H,23,26). The molecule has 32 heavy (non-hydrogen) atoms. The number of hydrogen-bond donors (Lipinski definition) is 1. The third-order valence-electron chi connectivity index (χ3n) is 4.96. The van der Waals surface area contributed by atoms with Crippen LogP contribution in [0.15, 0.2) is 46.9 Å². The summed E-state index contributed by atoms with van der Waals surface area (Å²) in [6.07, 6.45) is 0.424. The number of benzene rings is 1. The molecule has 1 amide bonds. The second kappa shape index (κ2) is 8.79. The Bertz CT molecular complexity index is 1280. The van der Waals surface area contributed by atoms with Crippen molar-refractivity contribution in [3.63, 3.8) is 0 Å². The summed E-state index contributed by atoms with van der Waals surface area (Å²) in [7, 11) is -3.11. The van der Waals surface area contributed by atoms with Crippen molar-refractivity contribution in [2.75, 3.05) is 23.4 Å². The highest BCUT2D eigenvalue weighted by Crippen LogP contribution is 2.29. The summed E-state index contributed by atoms with van der Waals surface area (Å²) in [5.74, 6) is -0.644. The Balaban J connectivity index is 1.37. The van der Waals surface area contributed by atoms with Crippen molar-refractivity contribution >= 4 is 39.1 Å². The van der Waals surface area contributed by atoms with Gasteiger partial charge in [-0.25, -0.2) is 17.9 Å². The van der Waals surface area contributed by atoms with E-state index < -0.39 is 28.3 Å². The van der Waals surface area contributed by atoms with Gasteiger partial charge in [0, 0.05) is 11.6 Å². The second-order valence-corrected chi connectivity index (χ2v) is 10.1. The van der Waals surface area contributed by atoms with Crippen molar-refractivity contribution in [1.82, 2.24) is 9.78 Å². The number of ether oxygens (including phenoxy) is 1. The van der Waals surface area contributed by atoms with Gasteiger partial charge < -0.3 is 14.5 Å². The van der Waals surface area contributed by atoms with Gasteiger partial charge >= 0.3 is 5.97 Å². The minimum atomic E-state index is -3.11. The Morgan fingerprint density at radius 3 is 2.78 bits per heavy atom. The smallest absolute Gasteiger partial charge is 0.374 e. The van der Waals surface area contributed by atoms with E-state index in [1.54, 1.807) is 43.3 Å². The number of nitrogens with one attached hydrogen (secondary N) is 1. The fraction of sp³-hybridized carbons (Fsp3) is 0.286. The summed E-state index contributed by atoms with van der Waals surface area (Å²) in [4.78, 5) is 24.6. The molecule has 1 aliphatic rings. The predicted molar refractivity (Wildman–Crippen MR) is 117 cm³/mol. The molecule has 0 aliphatic carbocycles. The van der Waals surface area contributed by atoms with Crippen LogP contribution < -0.4 is 5.32 Å². The van der Waals surface area contributed by atoms with E-state index in [2.05, 4.69) is 10.4 Å². The van der Waals surface area contributed by atoms with E-state index in [9.17, 15) is 18.0 Å². The molecule has 0 spiro atoms. The summed E-state index contributed by atoms with van der Waals surface area (Å²) in [6, 6.07) is 11.3. The molecule has 3 aromatic rings. The van der Waals surface area contributed by atoms with Crippen LogP contribution in [-0.4, -0.2) is 48.2 Å². The van der Waals surface area contributed by atoms with Gasteiger partial charge in [0.1, 0.15) is 11.6 Å². The Morgan fingerprint density at radius 2 is 2.06 bits per heavy atom. The molecule has 1 saturated heterocycles. The SMILES string of the molecule is Cc1cc(NC(=O)COC(=O)c2ccc(-c3ccccc3Cl)o2)n(C2CCS(=O)(=O)C2)n1. The van der Waals surface area contributed by atoms with E-state index in [0.29, 0.717) is 34.3 Å². The zero-order valence-electron chi connectivity index (χ0n) is 17.1. The number of nitrogens with zero attached hydrogens (tertiary/aromatic N) is 2. The van der Waals surface area contributed by atoms with Crippen molar-refractivity contribution in [2.24, 2.45) is 0 Å². The molecule has 0 bridgehead atoms. The molecule has 4 rings (SSSR count). The Hall–Kier alpha value is -3.11. The minimum Gasteiger partial charge on any atom is -0.450 e. The monoisotopic (exact) mass is 477 g/mol. The first-order valence-electron chi connectivity index (χ1n) is 9.80. The lowest BCUT2D eigenvalue weighted by Crippen LogP contribution is -2.24. The molecule has 168 valence electrons. The van der Waals surface area contributed by atoms with Gasteiger partial charge in [-0.1, -0.05) is 23.7 Å². The summed E-state index contributed by atoms with van der Waals surface area (Å²) < 4.78 is 35.6. The number of rotatable bonds is 6. The molecule has 3 heterocycles. The van der Waals surface area contributed by atoms with E-state index in [-0.39, 0.29) is 23.3 Å². The number of furan rings is 1. The molecule has 1 unspecified atom stereocenters. The van der Waals surface area contributed by atoms with Crippen LogP contribution in [0.25, 0.3) is 11.3 Å². The molecule has 1 fully saturated rings. The van der Waals surface area contributed by atoms with E-state index in [1.807, 2.05) is 0 Å². The van der Waals surface area contributed by atoms with Gasteiger partial charge in [0.2, 0.25) is 5.76 Å². The second-order valence-electron chi connectivity index (χ2n) is 7.44. The average Bonchev–Trinajstić information content (AvgIpc) is 3.45. The number of hydrogen-bond acceptors (Lipinski definition) is 7. The fourth-order valence-electron chi connectivity index (χ4n) is 3.49. The molecule has 1 N–H and O–H groups in total. The van der Waals surface area contributed by atoms with E-state index in [1.165, 1.54) is 10.7 Å². The molecule has 1 atom stereocenters. The van der Waals surface area contributed by atoms with Gasteiger partial charge in [0.15, 0.2) is 16.4 Å². The molecule has 11 heteroatoms. The topological polar surface area (TPSA) is 120 Å².